The second kappa shape index (κ2) is 9.73. The number of nitrogens with zero attached hydrogens (tertiary/aromatic N) is 1. The van der Waals surface area contributed by atoms with Gasteiger partial charge in [0.15, 0.2) is 0 Å². The van der Waals surface area contributed by atoms with Crippen molar-refractivity contribution in [3.05, 3.63) is 29.5 Å². The van der Waals surface area contributed by atoms with E-state index in [0.29, 0.717) is 22.3 Å². The van der Waals surface area contributed by atoms with Crippen molar-refractivity contribution in [2.45, 2.75) is 44.8 Å². The number of aryl methyl sites for hydroxylation is 1. The number of hydrogen-bond donors (Lipinski definition) is 4. The van der Waals surface area contributed by atoms with Crippen LogP contribution < -0.4 is 15.8 Å². The summed E-state index contributed by atoms with van der Waals surface area (Å²) in [4.78, 5) is 27.8. The number of carboxylic acid groups (broad SMARTS) is 1. The molecule has 1 aliphatic rings. The predicted molar refractivity (Wildman–Crippen MR) is 111 cm³/mol. The van der Waals surface area contributed by atoms with Crippen molar-refractivity contribution < 1.29 is 29.3 Å². The van der Waals surface area contributed by atoms with Crippen molar-refractivity contribution in [3.63, 3.8) is 0 Å². The number of amides is 1. The molecule has 1 fully saturated rings. The van der Waals surface area contributed by atoms with Crippen LogP contribution in [0.5, 0.6) is 5.75 Å². The van der Waals surface area contributed by atoms with Crippen molar-refractivity contribution in [1.29, 1.82) is 0 Å². The minimum atomic E-state index is -1.12. The summed E-state index contributed by atoms with van der Waals surface area (Å²) in [6.07, 6.45) is 2.93. The monoisotopic (exact) mass is 417 g/mol. The number of hydrogen-bond acceptors (Lipinski definition) is 7. The number of anilines is 1. The summed E-state index contributed by atoms with van der Waals surface area (Å²) in [5.74, 6) is -0.796. The molecule has 5 N–H and O–H groups in total. The third kappa shape index (κ3) is 4.98. The number of aromatic carboxylic acids is 1. The number of aliphatic hydroxyl groups is 1. The number of nitrogens with one attached hydrogen (secondary N) is 1. The Kier molecular flexibility index (Phi) is 7.07. The molecule has 1 saturated carbocycles. The first kappa shape index (κ1) is 21.8. The van der Waals surface area contributed by atoms with E-state index in [1.165, 1.54) is 0 Å². The number of benzene rings is 1. The normalized spacial score (nSPS) is 18.9. The van der Waals surface area contributed by atoms with Crippen LogP contribution in [0, 0.1) is 6.92 Å². The number of aromatic nitrogens is 1. The van der Waals surface area contributed by atoms with Crippen LogP contribution >= 0.6 is 0 Å². The van der Waals surface area contributed by atoms with Crippen LogP contribution in [0.4, 0.5) is 5.69 Å². The maximum Gasteiger partial charge on any atom is 0.339 e. The minimum Gasteiger partial charge on any atom is -0.490 e. The van der Waals surface area contributed by atoms with Crippen molar-refractivity contribution >= 4 is 28.5 Å². The third-order valence-corrected chi connectivity index (χ3v) is 5.21. The van der Waals surface area contributed by atoms with Crippen molar-refractivity contribution in [2.75, 3.05) is 25.6 Å². The summed E-state index contributed by atoms with van der Waals surface area (Å²) in [6, 6.07) is 5.41. The summed E-state index contributed by atoms with van der Waals surface area (Å²) < 4.78 is 11.2. The number of ether oxygens (including phenoxy) is 2. The molecule has 1 aromatic heterocycles. The summed E-state index contributed by atoms with van der Waals surface area (Å²) in [6.45, 7) is 1.58. The minimum absolute atomic E-state index is 0.00612. The van der Waals surface area contributed by atoms with Gasteiger partial charge in [-0.3, -0.25) is 9.78 Å². The Hall–Kier alpha value is -2.91. The summed E-state index contributed by atoms with van der Waals surface area (Å²) in [5, 5.41) is 21.6. The van der Waals surface area contributed by atoms with E-state index in [1.807, 2.05) is 6.07 Å². The van der Waals surface area contributed by atoms with Crippen LogP contribution in [-0.4, -0.2) is 59.0 Å². The highest BCUT2D eigenvalue weighted by Gasteiger charge is 2.25. The first-order valence-corrected chi connectivity index (χ1v) is 9.97. The third-order valence-electron chi connectivity index (χ3n) is 5.21. The van der Waals surface area contributed by atoms with E-state index >= 15 is 0 Å². The fourth-order valence-electron chi connectivity index (χ4n) is 3.81. The molecular formula is C21H27N3O6. The van der Waals surface area contributed by atoms with Gasteiger partial charge in [0, 0.05) is 6.04 Å². The molecule has 2 aromatic rings. The first-order chi connectivity index (χ1) is 14.4. The van der Waals surface area contributed by atoms with Gasteiger partial charge in [-0.15, -0.1) is 0 Å². The lowest BCUT2D eigenvalue weighted by Gasteiger charge is -2.30. The number of carbonyl (C=O) groups is 2. The number of carbonyl (C=O) groups excluding carboxylic acids is 1. The van der Waals surface area contributed by atoms with Gasteiger partial charge in [0.25, 0.3) is 0 Å². The van der Waals surface area contributed by atoms with Crippen molar-refractivity contribution in [1.82, 2.24) is 10.3 Å². The van der Waals surface area contributed by atoms with Crippen LogP contribution in [-0.2, 0) is 9.53 Å². The van der Waals surface area contributed by atoms with E-state index in [0.717, 1.165) is 25.7 Å². The highest BCUT2D eigenvalue weighted by molar-refractivity contribution is 6.06. The SMILES string of the molecule is Cc1nc2cccc(O[C@H]3CC[C@H](NC(=O)COCCO)CC3)c2c(N)c1C(=O)O. The summed E-state index contributed by atoms with van der Waals surface area (Å²) >= 11 is 0. The fraction of sp³-hybridized carbons (Fsp3) is 0.476. The molecule has 1 aliphatic carbocycles. The Balaban J connectivity index is 1.66. The van der Waals surface area contributed by atoms with Gasteiger partial charge in [0.1, 0.15) is 17.9 Å². The average Bonchev–Trinajstić information content (AvgIpc) is 2.69. The van der Waals surface area contributed by atoms with Gasteiger partial charge in [0.05, 0.1) is 41.6 Å². The Morgan fingerprint density at radius 3 is 2.67 bits per heavy atom. The van der Waals surface area contributed by atoms with E-state index in [4.69, 9.17) is 20.3 Å². The van der Waals surface area contributed by atoms with E-state index in [9.17, 15) is 14.7 Å². The quantitative estimate of drug-likeness (QED) is 0.475. The highest BCUT2D eigenvalue weighted by atomic mass is 16.5. The lowest BCUT2D eigenvalue weighted by Crippen LogP contribution is -2.41. The zero-order valence-electron chi connectivity index (χ0n) is 16.9. The van der Waals surface area contributed by atoms with Crippen LogP contribution in [0.15, 0.2) is 18.2 Å². The molecular weight excluding hydrogens is 390 g/mol. The van der Waals surface area contributed by atoms with Crippen LogP contribution in [0.25, 0.3) is 10.9 Å². The van der Waals surface area contributed by atoms with E-state index in [-0.39, 0.29) is 49.1 Å². The molecule has 3 rings (SSSR count). The second-order valence-electron chi connectivity index (χ2n) is 7.38. The molecule has 1 aromatic carbocycles. The maximum absolute atomic E-state index is 11.8. The molecule has 1 amide bonds. The largest absolute Gasteiger partial charge is 0.490 e. The van der Waals surface area contributed by atoms with E-state index in [2.05, 4.69) is 10.3 Å². The van der Waals surface area contributed by atoms with E-state index < -0.39 is 5.97 Å². The van der Waals surface area contributed by atoms with Crippen LogP contribution in [0.1, 0.15) is 41.7 Å². The zero-order valence-corrected chi connectivity index (χ0v) is 16.9. The lowest BCUT2D eigenvalue weighted by atomic mass is 9.93. The molecule has 0 spiro atoms. The number of carboxylic acids is 1. The number of aliphatic hydroxyl groups excluding tert-OH is 1. The van der Waals surface area contributed by atoms with Gasteiger partial charge in [0.2, 0.25) is 5.91 Å². The average molecular weight is 417 g/mol. The Morgan fingerprint density at radius 1 is 1.27 bits per heavy atom. The molecule has 30 heavy (non-hydrogen) atoms. The molecule has 0 saturated heterocycles. The standard InChI is InChI=1S/C21H27N3O6/c1-12-18(21(27)28)20(22)19-15(23-12)3-2-4-16(19)30-14-7-5-13(6-8-14)24-17(26)11-29-10-9-25/h2-4,13-14,25H,5-11H2,1H3,(H2,22,23)(H,24,26)(H,27,28)/t13-,14-. The Morgan fingerprint density at radius 2 is 2.00 bits per heavy atom. The molecule has 9 nitrogen and oxygen atoms in total. The molecule has 0 bridgehead atoms. The lowest BCUT2D eigenvalue weighted by molar-refractivity contribution is -0.127. The molecule has 0 unspecified atom stereocenters. The topological polar surface area (TPSA) is 144 Å². The Bertz CT molecular complexity index is 925. The number of nitrogens with two attached hydrogens (primary N) is 1. The van der Waals surface area contributed by atoms with E-state index in [1.54, 1.807) is 19.1 Å². The summed E-state index contributed by atoms with van der Waals surface area (Å²) in [7, 11) is 0. The number of pyridine rings is 1. The highest BCUT2D eigenvalue weighted by Crippen LogP contribution is 2.35. The summed E-state index contributed by atoms with van der Waals surface area (Å²) in [5.41, 5.74) is 7.29. The van der Waals surface area contributed by atoms with Gasteiger partial charge < -0.3 is 30.7 Å². The number of fused-ring (bicyclic) bond motifs is 1. The molecule has 162 valence electrons. The van der Waals surface area contributed by atoms with Gasteiger partial charge in [-0.05, 0) is 44.7 Å². The zero-order chi connectivity index (χ0) is 21.7. The van der Waals surface area contributed by atoms with Crippen molar-refractivity contribution in [3.8, 4) is 5.75 Å². The second-order valence-corrected chi connectivity index (χ2v) is 7.38. The first-order valence-electron chi connectivity index (χ1n) is 9.97. The number of rotatable bonds is 8. The Labute approximate surface area is 174 Å². The molecule has 0 atom stereocenters. The molecule has 0 aliphatic heterocycles. The molecule has 0 radical (unpaired) electrons. The predicted octanol–water partition coefficient (Wildman–Crippen LogP) is 1.64. The van der Waals surface area contributed by atoms with Gasteiger partial charge in [-0.2, -0.15) is 0 Å². The van der Waals surface area contributed by atoms with Gasteiger partial charge in [-0.25, -0.2) is 4.79 Å². The van der Waals surface area contributed by atoms with Gasteiger partial charge in [-0.1, -0.05) is 6.07 Å². The van der Waals surface area contributed by atoms with Crippen LogP contribution in [0.3, 0.4) is 0 Å². The number of nitrogen functional groups attached to an aromatic ring is 1. The molecule has 1 heterocycles. The van der Waals surface area contributed by atoms with Crippen LogP contribution in [0.2, 0.25) is 0 Å². The molecule has 9 heteroatoms. The van der Waals surface area contributed by atoms with Crippen molar-refractivity contribution in [2.24, 2.45) is 0 Å². The van der Waals surface area contributed by atoms with Gasteiger partial charge >= 0.3 is 5.97 Å². The maximum atomic E-state index is 11.8. The smallest absolute Gasteiger partial charge is 0.339 e. The fourth-order valence-corrected chi connectivity index (χ4v) is 3.81.